The highest BCUT2D eigenvalue weighted by Crippen LogP contribution is 2.17. The molecule has 0 saturated heterocycles. The molecule has 3 rings (SSSR count). The van der Waals surface area contributed by atoms with E-state index in [-0.39, 0.29) is 0 Å². The lowest BCUT2D eigenvalue weighted by Crippen LogP contribution is -1.93. The van der Waals surface area contributed by atoms with E-state index < -0.39 is 0 Å². The topological polar surface area (TPSA) is 46.8 Å². The van der Waals surface area contributed by atoms with Crippen molar-refractivity contribution in [1.29, 1.82) is 0 Å². The summed E-state index contributed by atoms with van der Waals surface area (Å²) >= 11 is 0. The Morgan fingerprint density at radius 1 is 1.50 bits per heavy atom. The molecule has 0 atom stereocenters. The molecular formula is C10H9N3O. The number of hydrogen-bond acceptors (Lipinski definition) is 2. The first-order chi connectivity index (χ1) is 6.92. The van der Waals surface area contributed by atoms with Gasteiger partial charge < -0.3 is 14.0 Å². The van der Waals surface area contributed by atoms with Gasteiger partial charge in [0.25, 0.3) is 0 Å². The second kappa shape index (κ2) is 2.77. The molecule has 0 amide bonds. The Morgan fingerprint density at radius 2 is 2.50 bits per heavy atom. The van der Waals surface area contributed by atoms with Crippen LogP contribution < -0.4 is 0 Å². The van der Waals surface area contributed by atoms with Crippen LogP contribution in [0.1, 0.15) is 5.76 Å². The fourth-order valence-electron chi connectivity index (χ4n) is 1.54. The third kappa shape index (κ3) is 1.12. The lowest BCUT2D eigenvalue weighted by Gasteiger charge is -1.95. The van der Waals surface area contributed by atoms with Crippen molar-refractivity contribution < 1.29 is 4.42 Å². The summed E-state index contributed by atoms with van der Waals surface area (Å²) in [7, 11) is 0. The van der Waals surface area contributed by atoms with Gasteiger partial charge in [0.1, 0.15) is 5.76 Å². The minimum absolute atomic E-state index is 0.725. The lowest BCUT2D eigenvalue weighted by atomic mass is 10.4. The molecule has 0 aliphatic carbocycles. The average molecular weight is 187 g/mol. The fraction of sp³-hybridized carbons (Fsp3) is 0.100. The number of nitrogens with zero attached hydrogens (tertiary/aromatic N) is 2. The van der Waals surface area contributed by atoms with Crippen LogP contribution in [0.3, 0.4) is 0 Å². The van der Waals surface area contributed by atoms with Gasteiger partial charge in [-0.2, -0.15) is 0 Å². The molecule has 1 N–H and O–H groups in total. The Labute approximate surface area is 80.2 Å². The molecule has 0 aliphatic heterocycles. The van der Waals surface area contributed by atoms with Crippen molar-refractivity contribution in [3.8, 4) is 0 Å². The number of H-pyrrole nitrogens is 1. The highest BCUT2D eigenvalue weighted by molar-refractivity contribution is 5.73. The van der Waals surface area contributed by atoms with Crippen molar-refractivity contribution in [1.82, 2.24) is 14.5 Å². The summed E-state index contributed by atoms with van der Waals surface area (Å²) in [5.41, 5.74) is 1.94. The number of hydrogen-bond donors (Lipinski definition) is 1. The van der Waals surface area contributed by atoms with Gasteiger partial charge >= 0.3 is 0 Å². The largest absolute Gasteiger partial charge is 0.457 e. The zero-order chi connectivity index (χ0) is 9.38. The summed E-state index contributed by atoms with van der Waals surface area (Å²) in [6.45, 7) is 0.725. The summed E-state index contributed by atoms with van der Waals surface area (Å²) in [4.78, 5) is 7.07. The molecule has 3 aromatic rings. The van der Waals surface area contributed by atoms with E-state index in [2.05, 4.69) is 9.97 Å². The summed E-state index contributed by atoms with van der Waals surface area (Å²) < 4.78 is 7.57. The average Bonchev–Trinajstić information content (AvgIpc) is 2.78. The summed E-state index contributed by atoms with van der Waals surface area (Å²) in [6, 6.07) is 3.93. The van der Waals surface area contributed by atoms with Gasteiger partial charge in [0.15, 0.2) is 5.58 Å². The van der Waals surface area contributed by atoms with E-state index in [1.54, 1.807) is 12.5 Å². The van der Waals surface area contributed by atoms with Gasteiger partial charge in [-0.25, -0.2) is 4.98 Å². The van der Waals surface area contributed by atoms with E-state index in [4.69, 9.17) is 4.42 Å². The van der Waals surface area contributed by atoms with Gasteiger partial charge in [-0.3, -0.25) is 0 Å². The van der Waals surface area contributed by atoms with Crippen LogP contribution >= 0.6 is 0 Å². The van der Waals surface area contributed by atoms with Crippen LogP contribution in [0.25, 0.3) is 11.1 Å². The molecule has 0 unspecified atom stereocenters. The van der Waals surface area contributed by atoms with Gasteiger partial charge in [0, 0.05) is 24.7 Å². The van der Waals surface area contributed by atoms with Crippen LogP contribution in [0.4, 0.5) is 0 Å². The zero-order valence-corrected chi connectivity index (χ0v) is 7.47. The molecule has 3 heterocycles. The summed E-state index contributed by atoms with van der Waals surface area (Å²) in [6.07, 6.45) is 7.32. The second-order valence-electron chi connectivity index (χ2n) is 3.20. The molecule has 3 aromatic heterocycles. The molecule has 0 aliphatic rings. The van der Waals surface area contributed by atoms with Crippen LogP contribution in [0.5, 0.6) is 0 Å². The van der Waals surface area contributed by atoms with Crippen LogP contribution in [0, 0.1) is 0 Å². The van der Waals surface area contributed by atoms with Crippen LogP contribution in [0.15, 0.2) is 41.5 Å². The Hall–Kier alpha value is -1.97. The van der Waals surface area contributed by atoms with Crippen molar-refractivity contribution in [3.05, 3.63) is 42.8 Å². The maximum atomic E-state index is 5.60. The SMILES string of the molecule is c1cn(Cc2cc3[nH]ccc3o2)cn1. The minimum Gasteiger partial charge on any atom is -0.457 e. The molecule has 14 heavy (non-hydrogen) atoms. The number of fused-ring (bicyclic) bond motifs is 1. The zero-order valence-electron chi connectivity index (χ0n) is 7.47. The second-order valence-corrected chi connectivity index (χ2v) is 3.20. The number of imidazole rings is 1. The smallest absolute Gasteiger partial charge is 0.152 e. The van der Waals surface area contributed by atoms with Crippen molar-refractivity contribution in [2.45, 2.75) is 6.54 Å². The van der Waals surface area contributed by atoms with Crippen LogP contribution in [-0.2, 0) is 6.54 Å². The van der Waals surface area contributed by atoms with Gasteiger partial charge in [0.2, 0.25) is 0 Å². The maximum absolute atomic E-state index is 5.60. The molecule has 70 valence electrons. The standard InChI is InChI=1S/C10H9N3O/c1-2-12-9-5-8(14-10(1)9)6-13-4-3-11-7-13/h1-5,7,12H,6H2. The third-order valence-corrected chi connectivity index (χ3v) is 2.18. The lowest BCUT2D eigenvalue weighted by molar-refractivity contribution is 0.528. The normalized spacial score (nSPS) is 11.1. The first-order valence-corrected chi connectivity index (χ1v) is 4.43. The monoisotopic (exact) mass is 187 g/mol. The Morgan fingerprint density at radius 3 is 3.29 bits per heavy atom. The van der Waals surface area contributed by atoms with Crippen molar-refractivity contribution in [3.63, 3.8) is 0 Å². The molecule has 0 aromatic carbocycles. The molecule has 0 radical (unpaired) electrons. The highest BCUT2D eigenvalue weighted by atomic mass is 16.3. The first kappa shape index (κ1) is 7.44. The van der Waals surface area contributed by atoms with Crippen LogP contribution in [0.2, 0.25) is 0 Å². The fourth-order valence-corrected chi connectivity index (χ4v) is 1.54. The van der Waals surface area contributed by atoms with E-state index in [9.17, 15) is 0 Å². The van der Waals surface area contributed by atoms with Gasteiger partial charge in [-0.1, -0.05) is 0 Å². The van der Waals surface area contributed by atoms with Gasteiger partial charge in [0.05, 0.1) is 18.4 Å². The number of furan rings is 1. The Balaban J connectivity index is 1.95. The molecular weight excluding hydrogens is 178 g/mol. The number of nitrogens with one attached hydrogen (secondary N) is 1. The summed E-state index contributed by atoms with van der Waals surface area (Å²) in [5, 5.41) is 0. The van der Waals surface area contributed by atoms with E-state index in [1.165, 1.54) is 0 Å². The van der Waals surface area contributed by atoms with Crippen molar-refractivity contribution >= 4 is 11.1 Å². The van der Waals surface area contributed by atoms with Crippen LogP contribution in [-0.4, -0.2) is 14.5 Å². The van der Waals surface area contributed by atoms with Gasteiger partial charge in [-0.15, -0.1) is 0 Å². The van der Waals surface area contributed by atoms with Crippen molar-refractivity contribution in [2.24, 2.45) is 0 Å². The Bertz CT molecular complexity index is 504. The van der Waals surface area contributed by atoms with Gasteiger partial charge in [-0.05, 0) is 6.07 Å². The molecule has 0 spiro atoms. The summed E-state index contributed by atoms with van der Waals surface area (Å²) in [5.74, 6) is 0.935. The predicted octanol–water partition coefficient (Wildman–Crippen LogP) is 2.01. The highest BCUT2D eigenvalue weighted by Gasteiger charge is 2.03. The van der Waals surface area contributed by atoms with E-state index in [0.29, 0.717) is 0 Å². The van der Waals surface area contributed by atoms with E-state index in [1.807, 2.05) is 29.1 Å². The maximum Gasteiger partial charge on any atom is 0.152 e. The molecule has 0 fully saturated rings. The van der Waals surface area contributed by atoms with E-state index >= 15 is 0 Å². The third-order valence-electron chi connectivity index (χ3n) is 2.18. The Kier molecular flexibility index (Phi) is 1.47. The molecule has 0 saturated carbocycles. The molecule has 0 bridgehead atoms. The number of aromatic nitrogens is 3. The molecule has 4 heteroatoms. The van der Waals surface area contributed by atoms with E-state index in [0.717, 1.165) is 23.4 Å². The predicted molar refractivity (Wildman–Crippen MR) is 51.9 cm³/mol. The minimum atomic E-state index is 0.725. The number of rotatable bonds is 2. The molecule has 4 nitrogen and oxygen atoms in total. The van der Waals surface area contributed by atoms with Crippen molar-refractivity contribution in [2.75, 3.05) is 0 Å². The first-order valence-electron chi connectivity index (χ1n) is 4.43. The number of aromatic amines is 1. The quantitative estimate of drug-likeness (QED) is 0.667.